The summed E-state index contributed by atoms with van der Waals surface area (Å²) in [7, 11) is 3.21. The lowest BCUT2D eigenvalue weighted by Gasteiger charge is -2.34. The lowest BCUT2D eigenvalue weighted by atomic mass is 10.0. The van der Waals surface area contributed by atoms with E-state index in [4.69, 9.17) is 26.8 Å². The summed E-state index contributed by atoms with van der Waals surface area (Å²) >= 11 is 6.50. The summed E-state index contributed by atoms with van der Waals surface area (Å²) in [5, 5.41) is 0.605. The third-order valence-electron chi connectivity index (χ3n) is 3.93. The third-order valence-corrected chi connectivity index (χ3v) is 4.32. The maximum atomic E-state index is 6.50. The second-order valence-corrected chi connectivity index (χ2v) is 5.43. The maximum Gasteiger partial charge on any atom is 0.179 e. The zero-order valence-electron chi connectivity index (χ0n) is 12.2. The van der Waals surface area contributed by atoms with Crippen LogP contribution in [0.15, 0.2) is 12.1 Å². The van der Waals surface area contributed by atoms with Crippen molar-refractivity contribution in [1.29, 1.82) is 0 Å². The average Bonchev–Trinajstić information content (AvgIpc) is 2.50. The number of benzene rings is 1. The van der Waals surface area contributed by atoms with Crippen LogP contribution in [0.3, 0.4) is 0 Å². The molecule has 5 heteroatoms. The Morgan fingerprint density at radius 3 is 2.45 bits per heavy atom. The molecule has 0 bridgehead atoms. The standard InChI is InChI=1S/C15H23ClN2O2/c1-19-13-7-6-11(14(16)15(13)20-2)12(10-17)18-8-4-3-5-9-18/h6-7,12H,3-5,8-10,17H2,1-2H3. The Morgan fingerprint density at radius 1 is 1.20 bits per heavy atom. The third kappa shape index (κ3) is 3.03. The quantitative estimate of drug-likeness (QED) is 0.908. The van der Waals surface area contributed by atoms with Gasteiger partial charge in [-0.2, -0.15) is 0 Å². The Bertz CT molecular complexity index is 448. The van der Waals surface area contributed by atoms with Crippen molar-refractivity contribution in [3.8, 4) is 11.5 Å². The molecule has 2 rings (SSSR count). The molecule has 1 fully saturated rings. The van der Waals surface area contributed by atoms with Crippen LogP contribution in [-0.2, 0) is 0 Å². The van der Waals surface area contributed by atoms with Gasteiger partial charge in [-0.05, 0) is 37.6 Å². The van der Waals surface area contributed by atoms with E-state index in [0.29, 0.717) is 23.1 Å². The highest BCUT2D eigenvalue weighted by Crippen LogP contribution is 2.41. The van der Waals surface area contributed by atoms with E-state index in [2.05, 4.69) is 4.90 Å². The SMILES string of the molecule is COc1ccc(C(CN)N2CCCCC2)c(Cl)c1OC. The van der Waals surface area contributed by atoms with E-state index < -0.39 is 0 Å². The first-order chi connectivity index (χ1) is 9.72. The molecule has 1 aliphatic rings. The summed E-state index contributed by atoms with van der Waals surface area (Å²) in [5.74, 6) is 1.23. The minimum Gasteiger partial charge on any atom is -0.493 e. The van der Waals surface area contributed by atoms with E-state index in [1.54, 1.807) is 14.2 Å². The van der Waals surface area contributed by atoms with Crippen LogP contribution in [0, 0.1) is 0 Å². The predicted molar refractivity (Wildman–Crippen MR) is 81.8 cm³/mol. The maximum absolute atomic E-state index is 6.50. The van der Waals surface area contributed by atoms with Gasteiger partial charge >= 0.3 is 0 Å². The minimum atomic E-state index is 0.141. The summed E-state index contributed by atoms with van der Waals surface area (Å²) in [6.45, 7) is 2.70. The highest BCUT2D eigenvalue weighted by atomic mass is 35.5. The number of nitrogens with zero attached hydrogens (tertiary/aromatic N) is 1. The highest BCUT2D eigenvalue weighted by Gasteiger charge is 2.25. The fourth-order valence-corrected chi connectivity index (χ4v) is 3.22. The Kier molecular flexibility index (Phi) is 5.52. The first-order valence-electron chi connectivity index (χ1n) is 7.07. The fraction of sp³-hybridized carbons (Fsp3) is 0.600. The van der Waals surface area contributed by atoms with Gasteiger partial charge in [0, 0.05) is 12.6 Å². The number of hydrogen-bond acceptors (Lipinski definition) is 4. The van der Waals surface area contributed by atoms with Crippen LogP contribution in [-0.4, -0.2) is 38.8 Å². The predicted octanol–water partition coefficient (Wildman–Crippen LogP) is 2.84. The molecule has 1 saturated heterocycles. The molecule has 112 valence electrons. The fourth-order valence-electron chi connectivity index (χ4n) is 2.86. The van der Waals surface area contributed by atoms with E-state index in [9.17, 15) is 0 Å². The molecular weight excluding hydrogens is 276 g/mol. The number of hydrogen-bond donors (Lipinski definition) is 1. The van der Waals surface area contributed by atoms with Gasteiger partial charge in [-0.1, -0.05) is 24.1 Å². The van der Waals surface area contributed by atoms with E-state index in [1.165, 1.54) is 19.3 Å². The Balaban J connectivity index is 2.34. The van der Waals surface area contributed by atoms with Gasteiger partial charge in [0.2, 0.25) is 0 Å². The minimum absolute atomic E-state index is 0.141. The second-order valence-electron chi connectivity index (χ2n) is 5.05. The molecule has 1 aromatic carbocycles. The summed E-state index contributed by atoms with van der Waals surface area (Å²) < 4.78 is 10.6. The van der Waals surface area contributed by atoms with Crippen molar-refractivity contribution < 1.29 is 9.47 Å². The van der Waals surface area contributed by atoms with Crippen molar-refractivity contribution in [2.24, 2.45) is 5.73 Å². The smallest absolute Gasteiger partial charge is 0.179 e. The molecule has 1 aliphatic heterocycles. The van der Waals surface area contributed by atoms with Gasteiger partial charge in [-0.15, -0.1) is 0 Å². The molecule has 4 nitrogen and oxygen atoms in total. The molecule has 0 aromatic heterocycles. The van der Waals surface area contributed by atoms with E-state index in [1.807, 2.05) is 12.1 Å². The molecule has 1 unspecified atom stereocenters. The van der Waals surface area contributed by atoms with Gasteiger partial charge in [0.05, 0.1) is 19.2 Å². The Morgan fingerprint density at radius 2 is 1.90 bits per heavy atom. The van der Waals surface area contributed by atoms with Crippen LogP contribution >= 0.6 is 11.6 Å². The first-order valence-corrected chi connectivity index (χ1v) is 7.45. The molecule has 20 heavy (non-hydrogen) atoms. The average molecular weight is 299 g/mol. The summed E-state index contributed by atoms with van der Waals surface area (Å²) in [4.78, 5) is 2.41. The van der Waals surface area contributed by atoms with Crippen LogP contribution < -0.4 is 15.2 Å². The number of methoxy groups -OCH3 is 2. The number of nitrogens with two attached hydrogens (primary N) is 1. The molecule has 0 spiro atoms. The van der Waals surface area contributed by atoms with Crippen molar-refractivity contribution >= 4 is 11.6 Å². The number of piperidine rings is 1. The van der Waals surface area contributed by atoms with Crippen molar-refractivity contribution in [2.75, 3.05) is 33.9 Å². The largest absolute Gasteiger partial charge is 0.493 e. The van der Waals surface area contributed by atoms with E-state index in [-0.39, 0.29) is 6.04 Å². The lowest BCUT2D eigenvalue weighted by molar-refractivity contribution is 0.167. The van der Waals surface area contributed by atoms with Crippen molar-refractivity contribution in [1.82, 2.24) is 4.90 Å². The normalized spacial score (nSPS) is 17.8. The number of likely N-dealkylation sites (tertiary alicyclic amines) is 1. The molecule has 0 saturated carbocycles. The van der Waals surface area contributed by atoms with Crippen LogP contribution in [0.1, 0.15) is 30.9 Å². The number of halogens is 1. The van der Waals surface area contributed by atoms with E-state index >= 15 is 0 Å². The zero-order valence-corrected chi connectivity index (χ0v) is 12.9. The van der Waals surface area contributed by atoms with Gasteiger partial charge in [0.15, 0.2) is 11.5 Å². The molecule has 2 N–H and O–H groups in total. The van der Waals surface area contributed by atoms with Crippen molar-refractivity contribution in [3.05, 3.63) is 22.7 Å². The van der Waals surface area contributed by atoms with Crippen LogP contribution in [0.4, 0.5) is 0 Å². The molecule has 0 amide bonds. The molecule has 0 aliphatic carbocycles. The summed E-state index contributed by atoms with van der Waals surface area (Å²) in [6, 6.07) is 4.03. The van der Waals surface area contributed by atoms with E-state index in [0.717, 1.165) is 18.7 Å². The topological polar surface area (TPSA) is 47.7 Å². The van der Waals surface area contributed by atoms with Crippen LogP contribution in [0.2, 0.25) is 5.02 Å². The highest BCUT2D eigenvalue weighted by molar-refractivity contribution is 6.33. The van der Waals surface area contributed by atoms with Gasteiger partial charge < -0.3 is 15.2 Å². The molecule has 1 aromatic rings. The van der Waals surface area contributed by atoms with Crippen LogP contribution in [0.25, 0.3) is 0 Å². The zero-order chi connectivity index (χ0) is 14.5. The van der Waals surface area contributed by atoms with Gasteiger partial charge in [0.1, 0.15) is 0 Å². The Hall–Kier alpha value is -0.970. The number of ether oxygens (including phenoxy) is 2. The molecule has 1 atom stereocenters. The summed E-state index contributed by atoms with van der Waals surface area (Å²) in [5.41, 5.74) is 7.02. The van der Waals surface area contributed by atoms with Crippen LogP contribution in [0.5, 0.6) is 11.5 Å². The molecule has 0 radical (unpaired) electrons. The molecular formula is C15H23ClN2O2. The molecule has 1 heterocycles. The monoisotopic (exact) mass is 298 g/mol. The first kappa shape index (κ1) is 15.4. The van der Waals surface area contributed by atoms with Gasteiger partial charge in [-0.3, -0.25) is 4.90 Å². The Labute approximate surface area is 125 Å². The lowest BCUT2D eigenvalue weighted by Crippen LogP contribution is -2.37. The second kappa shape index (κ2) is 7.16. The van der Waals surface area contributed by atoms with Crippen molar-refractivity contribution in [2.45, 2.75) is 25.3 Å². The van der Waals surface area contributed by atoms with Crippen molar-refractivity contribution in [3.63, 3.8) is 0 Å². The van der Waals surface area contributed by atoms with Gasteiger partial charge in [0.25, 0.3) is 0 Å². The summed E-state index contributed by atoms with van der Waals surface area (Å²) in [6.07, 6.45) is 3.75. The van der Waals surface area contributed by atoms with Gasteiger partial charge in [-0.25, -0.2) is 0 Å². The number of rotatable bonds is 5.